The van der Waals surface area contributed by atoms with Gasteiger partial charge in [-0.2, -0.15) is 0 Å². The average Bonchev–Trinajstić information content (AvgIpc) is 2.40. The molecule has 0 aliphatic heterocycles. The van der Waals surface area contributed by atoms with Crippen LogP contribution < -0.4 is 0 Å². The maximum absolute atomic E-state index is 5.44. The van der Waals surface area contributed by atoms with Gasteiger partial charge in [0.1, 0.15) is 0 Å². The molecule has 0 rings (SSSR count). The molecule has 0 saturated heterocycles. The molecule has 2 heteroatoms. The zero-order valence-corrected chi connectivity index (χ0v) is 14.5. The summed E-state index contributed by atoms with van der Waals surface area (Å²) >= 11 is 0. The summed E-state index contributed by atoms with van der Waals surface area (Å²) in [6, 6.07) is 0. The molecule has 0 aliphatic carbocycles. The molecule has 0 bridgehead atoms. The van der Waals surface area contributed by atoms with Crippen LogP contribution in [0, 0.1) is 0 Å². The van der Waals surface area contributed by atoms with Crippen LogP contribution in [0.4, 0.5) is 0 Å². The summed E-state index contributed by atoms with van der Waals surface area (Å²) in [7, 11) is 1.86. The third-order valence-corrected chi connectivity index (χ3v) is 11.3. The predicted octanol–water partition coefficient (Wildman–Crippen LogP) is 5.22. The number of hydrogen-bond acceptors (Lipinski definition) is 1. The topological polar surface area (TPSA) is 9.23 Å². The van der Waals surface area contributed by atoms with Crippen molar-refractivity contribution in [2.45, 2.75) is 59.3 Å². The van der Waals surface area contributed by atoms with Gasteiger partial charge in [0.15, 0.2) is 0 Å². The van der Waals surface area contributed by atoms with E-state index in [-0.39, 0.29) is 0 Å². The van der Waals surface area contributed by atoms with Gasteiger partial charge in [0.2, 0.25) is 0 Å². The van der Waals surface area contributed by atoms with Crippen molar-refractivity contribution in [3.8, 4) is 0 Å². The van der Waals surface area contributed by atoms with Gasteiger partial charge < -0.3 is 0 Å². The van der Waals surface area contributed by atoms with Gasteiger partial charge in [-0.3, -0.25) is 0 Å². The number of methoxy groups -OCH3 is 1. The van der Waals surface area contributed by atoms with Crippen LogP contribution in [-0.4, -0.2) is 45.0 Å². The van der Waals surface area contributed by atoms with E-state index in [0.29, 0.717) is 0 Å². The molecule has 1 nitrogen and oxygen atoms in total. The molecule has 0 heterocycles. The molecule has 0 aromatic heterocycles. The maximum atomic E-state index is 5.44. The minimum atomic E-state index is -1.49. The average molecular weight is 276 g/mol. The van der Waals surface area contributed by atoms with Gasteiger partial charge in [-0.25, -0.2) is 0 Å². The number of rotatable bonds is 12. The molecule has 0 amide bonds. The molecule has 0 spiro atoms. The molecule has 0 aromatic rings. The standard InChI is InChI=1S/C16H37OP/c1-6-9-13-18(5,14-10-7-2,15-11-8-3)16-12-17-4/h6-16H2,1-5H3. The van der Waals surface area contributed by atoms with Crippen molar-refractivity contribution in [1.82, 2.24) is 0 Å². The Bertz CT molecular complexity index is 160. The minimum absolute atomic E-state index is 0.978. The fraction of sp³-hybridized carbons (Fsp3) is 1.00. The van der Waals surface area contributed by atoms with Gasteiger partial charge >= 0.3 is 116 Å². The molecule has 0 saturated carbocycles. The van der Waals surface area contributed by atoms with E-state index in [4.69, 9.17) is 4.74 Å². The van der Waals surface area contributed by atoms with E-state index < -0.39 is 6.60 Å². The third-order valence-electron chi connectivity index (χ3n) is 4.62. The van der Waals surface area contributed by atoms with E-state index in [1.165, 1.54) is 63.2 Å². The first-order valence-electron chi connectivity index (χ1n) is 8.03. The molecular weight excluding hydrogens is 239 g/mol. The Hall–Kier alpha value is 0.390. The Labute approximate surface area is 116 Å². The van der Waals surface area contributed by atoms with E-state index in [1.54, 1.807) is 0 Å². The molecule has 18 heavy (non-hydrogen) atoms. The van der Waals surface area contributed by atoms with Gasteiger partial charge in [0.05, 0.1) is 0 Å². The number of hydrogen-bond donors (Lipinski definition) is 0. The van der Waals surface area contributed by atoms with Crippen molar-refractivity contribution in [2.75, 3.05) is 45.0 Å². The quantitative estimate of drug-likeness (QED) is 0.444. The van der Waals surface area contributed by atoms with Crippen molar-refractivity contribution < 1.29 is 4.74 Å². The second-order valence-electron chi connectivity index (χ2n) is 6.55. The van der Waals surface area contributed by atoms with Crippen LogP contribution in [0.3, 0.4) is 0 Å². The normalized spacial score (nSPS) is 14.4. The predicted molar refractivity (Wildman–Crippen MR) is 88.9 cm³/mol. The molecule has 0 aliphatic rings. The van der Waals surface area contributed by atoms with E-state index in [9.17, 15) is 0 Å². The fourth-order valence-electron chi connectivity index (χ4n) is 3.00. The zero-order chi connectivity index (χ0) is 13.9. The number of unbranched alkanes of at least 4 members (excludes halogenated alkanes) is 3. The van der Waals surface area contributed by atoms with Gasteiger partial charge in [-0.1, -0.05) is 0 Å². The van der Waals surface area contributed by atoms with E-state index in [1.807, 2.05) is 7.11 Å². The van der Waals surface area contributed by atoms with Crippen LogP contribution in [0.1, 0.15) is 59.3 Å². The van der Waals surface area contributed by atoms with E-state index in [2.05, 4.69) is 27.4 Å². The van der Waals surface area contributed by atoms with Crippen molar-refractivity contribution in [3.05, 3.63) is 0 Å². The van der Waals surface area contributed by atoms with E-state index >= 15 is 0 Å². The van der Waals surface area contributed by atoms with Crippen LogP contribution in [0.5, 0.6) is 0 Å². The van der Waals surface area contributed by atoms with Crippen LogP contribution >= 0.6 is 6.60 Å². The first kappa shape index (κ1) is 18.4. The summed E-state index contributed by atoms with van der Waals surface area (Å²) in [5, 5.41) is 0. The Morgan fingerprint density at radius 3 is 1.39 bits per heavy atom. The molecule has 0 atom stereocenters. The molecule has 112 valence electrons. The van der Waals surface area contributed by atoms with Crippen LogP contribution in [0.2, 0.25) is 0 Å². The van der Waals surface area contributed by atoms with Crippen LogP contribution in [0.15, 0.2) is 0 Å². The van der Waals surface area contributed by atoms with Crippen LogP contribution in [0.25, 0.3) is 0 Å². The Morgan fingerprint density at radius 2 is 1.11 bits per heavy atom. The molecular formula is C16H37OP. The van der Waals surface area contributed by atoms with Gasteiger partial charge in [0.25, 0.3) is 0 Å². The second-order valence-corrected chi connectivity index (χ2v) is 13.6. The molecule has 0 unspecified atom stereocenters. The monoisotopic (exact) mass is 276 g/mol. The fourth-order valence-corrected chi connectivity index (χ4v) is 9.01. The van der Waals surface area contributed by atoms with E-state index in [0.717, 1.165) is 6.61 Å². The molecule has 0 radical (unpaired) electrons. The van der Waals surface area contributed by atoms with Crippen molar-refractivity contribution >= 4 is 6.60 Å². The first-order valence-corrected chi connectivity index (χ1v) is 11.5. The van der Waals surface area contributed by atoms with Gasteiger partial charge in [-0.15, -0.1) is 0 Å². The van der Waals surface area contributed by atoms with Crippen molar-refractivity contribution in [3.63, 3.8) is 0 Å². The summed E-state index contributed by atoms with van der Waals surface area (Å²) in [4.78, 5) is 0. The Morgan fingerprint density at radius 1 is 0.722 bits per heavy atom. The molecule has 0 aromatic carbocycles. The Balaban J connectivity index is 4.82. The molecule has 0 N–H and O–H groups in total. The SMILES string of the molecule is CCCCP(C)(CCCC)(CCCC)CCOC. The second kappa shape index (κ2) is 9.32. The zero-order valence-electron chi connectivity index (χ0n) is 13.6. The van der Waals surface area contributed by atoms with Gasteiger partial charge in [0, 0.05) is 0 Å². The summed E-state index contributed by atoms with van der Waals surface area (Å²) in [6.45, 7) is 9.17. The number of ether oxygens (including phenoxy) is 1. The third kappa shape index (κ3) is 6.53. The molecule has 0 fully saturated rings. The summed E-state index contributed by atoms with van der Waals surface area (Å²) in [6.07, 6.45) is 14.2. The van der Waals surface area contributed by atoms with Crippen LogP contribution in [-0.2, 0) is 4.74 Å². The van der Waals surface area contributed by atoms with Crippen molar-refractivity contribution in [2.24, 2.45) is 0 Å². The summed E-state index contributed by atoms with van der Waals surface area (Å²) in [5.74, 6) is 0. The summed E-state index contributed by atoms with van der Waals surface area (Å²) < 4.78 is 5.44. The Kier molecular flexibility index (Phi) is 9.52. The van der Waals surface area contributed by atoms with Crippen molar-refractivity contribution in [1.29, 1.82) is 0 Å². The summed E-state index contributed by atoms with van der Waals surface area (Å²) in [5.41, 5.74) is 0. The van der Waals surface area contributed by atoms with Gasteiger partial charge in [-0.05, 0) is 0 Å². The first-order chi connectivity index (χ1) is 8.54.